The van der Waals surface area contributed by atoms with Gasteiger partial charge in [-0.05, 0) is 30.2 Å². The maximum Gasteiger partial charge on any atom is 0.292 e. The Kier molecular flexibility index (Phi) is 6.65. The van der Waals surface area contributed by atoms with E-state index in [9.17, 15) is 10.1 Å². The van der Waals surface area contributed by atoms with Crippen LogP contribution in [0.2, 0.25) is 0 Å². The minimum absolute atomic E-state index is 0. The van der Waals surface area contributed by atoms with Gasteiger partial charge in [0.15, 0.2) is 0 Å². The number of halogens is 1. The number of anilines is 1. The Morgan fingerprint density at radius 1 is 1.10 bits per heavy atom. The maximum atomic E-state index is 11.2. The van der Waals surface area contributed by atoms with E-state index in [0.29, 0.717) is 18.8 Å². The predicted octanol–water partition coefficient (Wildman–Crippen LogP) is 3.44. The Morgan fingerprint density at radius 2 is 1.81 bits per heavy atom. The summed E-state index contributed by atoms with van der Waals surface area (Å²) in [6.07, 6.45) is 0.775. The van der Waals surface area contributed by atoms with Crippen LogP contribution in [0.15, 0.2) is 48.5 Å². The quantitative estimate of drug-likeness (QED) is 0.486. The molecule has 2 rings (SSSR count). The lowest BCUT2D eigenvalue weighted by Gasteiger charge is -2.08. The zero-order chi connectivity index (χ0) is 14.4. The van der Waals surface area contributed by atoms with Gasteiger partial charge < -0.3 is 11.1 Å². The fraction of sp³-hybridized carbons (Fsp3) is 0.200. The maximum absolute atomic E-state index is 11.2. The number of nitrogens with zero attached hydrogens (tertiary/aromatic N) is 1. The molecular weight excluding hydrogens is 290 g/mol. The van der Waals surface area contributed by atoms with Crippen LogP contribution >= 0.6 is 12.4 Å². The van der Waals surface area contributed by atoms with E-state index in [1.807, 2.05) is 36.4 Å². The number of nitro groups is 1. The number of hydrogen-bond donors (Lipinski definition) is 2. The van der Waals surface area contributed by atoms with E-state index in [1.54, 1.807) is 12.1 Å². The summed E-state index contributed by atoms with van der Waals surface area (Å²) in [5.74, 6) is 0. The monoisotopic (exact) mass is 307 g/mol. The fourth-order valence-electron chi connectivity index (χ4n) is 1.97. The van der Waals surface area contributed by atoms with Gasteiger partial charge in [0.05, 0.1) is 4.92 Å². The first-order valence-electron chi connectivity index (χ1n) is 6.50. The Bertz CT molecular complexity index is 591. The largest absolute Gasteiger partial charge is 0.379 e. The zero-order valence-corrected chi connectivity index (χ0v) is 12.3. The van der Waals surface area contributed by atoms with Gasteiger partial charge in [-0.3, -0.25) is 10.1 Å². The SMILES string of the molecule is Cl.NCCCNc1ccc(-c2ccccc2)cc1[N+](=O)[O-]. The third-order valence-corrected chi connectivity index (χ3v) is 3.00. The second-order valence-corrected chi connectivity index (χ2v) is 4.42. The number of hydrogen-bond acceptors (Lipinski definition) is 4. The molecule has 0 saturated heterocycles. The summed E-state index contributed by atoms with van der Waals surface area (Å²) in [5.41, 5.74) is 7.83. The highest BCUT2D eigenvalue weighted by Crippen LogP contribution is 2.30. The molecule has 0 unspecified atom stereocenters. The Balaban J connectivity index is 0.00000220. The summed E-state index contributed by atoms with van der Waals surface area (Å²) in [6, 6.07) is 14.8. The van der Waals surface area contributed by atoms with Crippen LogP contribution in [0.25, 0.3) is 11.1 Å². The average molecular weight is 308 g/mol. The summed E-state index contributed by atoms with van der Waals surface area (Å²) in [6.45, 7) is 1.19. The minimum atomic E-state index is -0.364. The first-order chi connectivity index (χ1) is 9.72. The number of nitrogens with two attached hydrogens (primary N) is 1. The second kappa shape index (κ2) is 8.24. The smallest absolute Gasteiger partial charge is 0.292 e. The van der Waals surface area contributed by atoms with Gasteiger partial charge in [0.25, 0.3) is 5.69 Å². The lowest BCUT2D eigenvalue weighted by Crippen LogP contribution is -2.09. The molecule has 0 aliphatic carbocycles. The number of rotatable bonds is 6. The van der Waals surface area contributed by atoms with Gasteiger partial charge in [0.1, 0.15) is 5.69 Å². The van der Waals surface area contributed by atoms with Crippen molar-refractivity contribution >= 4 is 23.8 Å². The molecule has 0 saturated carbocycles. The molecule has 0 heterocycles. The van der Waals surface area contributed by atoms with Crippen molar-refractivity contribution in [3.05, 3.63) is 58.6 Å². The highest BCUT2D eigenvalue weighted by molar-refractivity contribution is 5.85. The van der Waals surface area contributed by atoms with Gasteiger partial charge in [0.2, 0.25) is 0 Å². The van der Waals surface area contributed by atoms with Crippen LogP contribution in [0.1, 0.15) is 6.42 Å². The molecule has 0 aliphatic heterocycles. The molecule has 0 aromatic heterocycles. The van der Waals surface area contributed by atoms with Crippen molar-refractivity contribution in [3.8, 4) is 11.1 Å². The standard InChI is InChI=1S/C15H17N3O2.ClH/c16-9-4-10-17-14-8-7-13(11-15(14)18(19)20)12-5-2-1-3-6-12;/h1-3,5-8,11,17H,4,9-10,16H2;1H. The molecule has 0 radical (unpaired) electrons. The molecule has 0 bridgehead atoms. The van der Waals surface area contributed by atoms with E-state index < -0.39 is 0 Å². The zero-order valence-electron chi connectivity index (χ0n) is 11.5. The molecule has 0 spiro atoms. The summed E-state index contributed by atoms with van der Waals surface area (Å²) in [4.78, 5) is 10.8. The van der Waals surface area contributed by atoms with Gasteiger partial charge in [-0.15, -0.1) is 12.4 Å². The van der Waals surface area contributed by atoms with Crippen molar-refractivity contribution in [2.24, 2.45) is 5.73 Å². The summed E-state index contributed by atoms with van der Waals surface area (Å²) in [5, 5.41) is 14.2. The van der Waals surface area contributed by atoms with Gasteiger partial charge in [-0.2, -0.15) is 0 Å². The van der Waals surface area contributed by atoms with Crippen molar-refractivity contribution in [1.29, 1.82) is 0 Å². The molecule has 0 aliphatic rings. The van der Waals surface area contributed by atoms with Crippen molar-refractivity contribution in [1.82, 2.24) is 0 Å². The lowest BCUT2D eigenvalue weighted by molar-refractivity contribution is -0.383. The molecule has 0 fully saturated rings. The van der Waals surface area contributed by atoms with E-state index >= 15 is 0 Å². The lowest BCUT2D eigenvalue weighted by atomic mass is 10.0. The van der Waals surface area contributed by atoms with E-state index in [4.69, 9.17) is 5.73 Å². The van der Waals surface area contributed by atoms with Gasteiger partial charge >= 0.3 is 0 Å². The highest BCUT2D eigenvalue weighted by atomic mass is 35.5. The van der Waals surface area contributed by atoms with Crippen molar-refractivity contribution in [2.75, 3.05) is 18.4 Å². The normalized spacial score (nSPS) is 9.76. The number of nitrogens with one attached hydrogen (secondary N) is 1. The molecule has 3 N–H and O–H groups in total. The molecule has 112 valence electrons. The Hall–Kier alpha value is -2.11. The first kappa shape index (κ1) is 16.9. The third-order valence-electron chi connectivity index (χ3n) is 3.00. The van der Waals surface area contributed by atoms with Crippen LogP contribution in [-0.4, -0.2) is 18.0 Å². The topological polar surface area (TPSA) is 81.2 Å². The Morgan fingerprint density at radius 3 is 2.43 bits per heavy atom. The van der Waals surface area contributed by atoms with Crippen molar-refractivity contribution in [3.63, 3.8) is 0 Å². The summed E-state index contributed by atoms with van der Waals surface area (Å²) >= 11 is 0. The van der Waals surface area contributed by atoms with Crippen LogP contribution in [0.3, 0.4) is 0 Å². The molecule has 5 nitrogen and oxygen atoms in total. The van der Waals surface area contributed by atoms with Crippen LogP contribution in [-0.2, 0) is 0 Å². The van der Waals surface area contributed by atoms with Gasteiger partial charge in [0, 0.05) is 12.6 Å². The molecule has 2 aromatic carbocycles. The van der Waals surface area contributed by atoms with Crippen LogP contribution < -0.4 is 11.1 Å². The predicted molar refractivity (Wildman–Crippen MR) is 87.9 cm³/mol. The minimum Gasteiger partial charge on any atom is -0.379 e. The second-order valence-electron chi connectivity index (χ2n) is 4.42. The summed E-state index contributed by atoms with van der Waals surface area (Å²) in [7, 11) is 0. The Labute approximate surface area is 129 Å². The van der Waals surface area contributed by atoms with Crippen molar-refractivity contribution in [2.45, 2.75) is 6.42 Å². The highest BCUT2D eigenvalue weighted by Gasteiger charge is 2.14. The number of benzene rings is 2. The van der Waals surface area contributed by atoms with Gasteiger partial charge in [-0.25, -0.2) is 0 Å². The molecule has 21 heavy (non-hydrogen) atoms. The fourth-order valence-corrected chi connectivity index (χ4v) is 1.97. The van der Waals surface area contributed by atoms with Crippen LogP contribution in [0.4, 0.5) is 11.4 Å². The average Bonchev–Trinajstić information content (AvgIpc) is 2.48. The van der Waals surface area contributed by atoms with E-state index in [1.165, 1.54) is 0 Å². The molecule has 0 amide bonds. The summed E-state index contributed by atoms with van der Waals surface area (Å²) < 4.78 is 0. The van der Waals surface area contributed by atoms with E-state index in [0.717, 1.165) is 17.5 Å². The third kappa shape index (κ3) is 4.44. The van der Waals surface area contributed by atoms with E-state index in [2.05, 4.69) is 5.32 Å². The molecular formula is C15H18ClN3O2. The van der Waals surface area contributed by atoms with Crippen LogP contribution in [0, 0.1) is 10.1 Å². The van der Waals surface area contributed by atoms with E-state index in [-0.39, 0.29) is 23.0 Å². The van der Waals surface area contributed by atoms with Crippen LogP contribution in [0.5, 0.6) is 0 Å². The molecule has 6 heteroatoms. The first-order valence-corrected chi connectivity index (χ1v) is 6.50. The number of nitro benzene ring substituents is 1. The van der Waals surface area contributed by atoms with Gasteiger partial charge in [-0.1, -0.05) is 36.4 Å². The molecule has 0 atom stereocenters. The van der Waals surface area contributed by atoms with Crippen molar-refractivity contribution < 1.29 is 4.92 Å². The molecule has 2 aromatic rings.